The molecular formula is C25H33NO2. The lowest BCUT2D eigenvalue weighted by molar-refractivity contribution is -0.150. The van der Waals surface area contributed by atoms with Gasteiger partial charge in [0, 0.05) is 18.6 Å². The predicted molar refractivity (Wildman–Crippen MR) is 113 cm³/mol. The van der Waals surface area contributed by atoms with Gasteiger partial charge < -0.3 is 9.84 Å². The van der Waals surface area contributed by atoms with Crippen molar-refractivity contribution in [1.29, 1.82) is 0 Å². The van der Waals surface area contributed by atoms with Crippen molar-refractivity contribution in [3.8, 4) is 0 Å². The van der Waals surface area contributed by atoms with Gasteiger partial charge in [-0.15, -0.1) is 0 Å². The van der Waals surface area contributed by atoms with Gasteiger partial charge >= 0.3 is 0 Å². The predicted octanol–water partition coefficient (Wildman–Crippen LogP) is 4.37. The third-order valence-corrected chi connectivity index (χ3v) is 6.59. The quantitative estimate of drug-likeness (QED) is 0.837. The van der Waals surface area contributed by atoms with Crippen LogP contribution in [0.1, 0.15) is 54.5 Å². The van der Waals surface area contributed by atoms with Crippen LogP contribution in [0.25, 0.3) is 0 Å². The van der Waals surface area contributed by atoms with E-state index in [0.717, 1.165) is 32.2 Å². The Kier molecular flexibility index (Phi) is 5.59. The van der Waals surface area contributed by atoms with Crippen LogP contribution in [0, 0.1) is 6.92 Å². The van der Waals surface area contributed by atoms with Gasteiger partial charge in [-0.25, -0.2) is 0 Å². The number of nitrogens with zero attached hydrogens (tertiary/aromatic N) is 1. The largest absolute Gasteiger partial charge is 0.385 e. The fourth-order valence-corrected chi connectivity index (χ4v) is 5.40. The highest BCUT2D eigenvalue weighted by molar-refractivity contribution is 5.44. The van der Waals surface area contributed by atoms with Gasteiger partial charge in [0.15, 0.2) is 0 Å². The topological polar surface area (TPSA) is 32.7 Å². The van der Waals surface area contributed by atoms with E-state index in [2.05, 4.69) is 68.1 Å². The highest BCUT2D eigenvalue weighted by atomic mass is 16.5. The van der Waals surface area contributed by atoms with Gasteiger partial charge in [0.25, 0.3) is 0 Å². The monoisotopic (exact) mass is 379 g/mol. The first-order chi connectivity index (χ1) is 13.5. The van der Waals surface area contributed by atoms with Crippen LogP contribution in [0.15, 0.2) is 42.5 Å². The standard InChI is InChI=1S/C25H33NO2/c1-4-20-11-18(3)12-21(5-2)24(20)25(27)13-22-16-28-17-23(14-25)26(22)15-19-9-7-6-8-10-19/h6-12,22-23,27H,4-5,13-17H2,1-3H3. The van der Waals surface area contributed by atoms with E-state index in [9.17, 15) is 5.11 Å². The number of benzene rings is 2. The number of piperidine rings is 1. The summed E-state index contributed by atoms with van der Waals surface area (Å²) < 4.78 is 5.91. The number of hydrogen-bond donors (Lipinski definition) is 1. The minimum Gasteiger partial charge on any atom is -0.385 e. The van der Waals surface area contributed by atoms with Crippen LogP contribution in [0.3, 0.4) is 0 Å². The summed E-state index contributed by atoms with van der Waals surface area (Å²) in [5.41, 5.74) is 5.72. The second-order valence-electron chi connectivity index (χ2n) is 8.61. The molecule has 4 rings (SSSR count). The molecule has 150 valence electrons. The number of ether oxygens (including phenoxy) is 1. The Morgan fingerprint density at radius 1 is 1.00 bits per heavy atom. The maximum atomic E-state index is 12.0. The molecule has 0 saturated carbocycles. The number of aliphatic hydroxyl groups is 1. The SMILES string of the molecule is CCc1cc(C)cc(CC)c1C1(O)CC2COCC(C1)N2Cc1ccccc1. The van der Waals surface area contributed by atoms with Crippen LogP contribution >= 0.6 is 0 Å². The van der Waals surface area contributed by atoms with Crippen LogP contribution in [-0.2, 0) is 29.7 Å². The van der Waals surface area contributed by atoms with Crippen molar-refractivity contribution in [2.24, 2.45) is 0 Å². The third-order valence-electron chi connectivity index (χ3n) is 6.59. The molecule has 2 heterocycles. The summed E-state index contributed by atoms with van der Waals surface area (Å²) >= 11 is 0. The first kappa shape index (κ1) is 19.6. The minimum atomic E-state index is -0.753. The lowest BCUT2D eigenvalue weighted by Crippen LogP contribution is -2.60. The first-order valence-electron chi connectivity index (χ1n) is 10.8. The van der Waals surface area contributed by atoms with Crippen molar-refractivity contribution in [2.75, 3.05) is 13.2 Å². The van der Waals surface area contributed by atoms with E-state index < -0.39 is 5.60 Å². The van der Waals surface area contributed by atoms with E-state index in [1.54, 1.807) is 0 Å². The zero-order valence-electron chi connectivity index (χ0n) is 17.4. The summed E-state index contributed by atoms with van der Waals surface area (Å²) in [7, 11) is 0. The molecule has 2 bridgehead atoms. The van der Waals surface area contributed by atoms with E-state index in [4.69, 9.17) is 4.74 Å². The van der Waals surface area contributed by atoms with E-state index in [1.165, 1.54) is 27.8 Å². The maximum Gasteiger partial charge on any atom is 0.0933 e. The van der Waals surface area contributed by atoms with Crippen LogP contribution in [-0.4, -0.2) is 35.3 Å². The molecular weight excluding hydrogens is 346 g/mol. The van der Waals surface area contributed by atoms with Crippen LogP contribution in [0.4, 0.5) is 0 Å². The van der Waals surface area contributed by atoms with Crippen molar-refractivity contribution in [1.82, 2.24) is 4.90 Å². The Balaban J connectivity index is 1.67. The molecule has 3 heteroatoms. The van der Waals surface area contributed by atoms with Gasteiger partial charge in [-0.05, 0) is 54.9 Å². The highest BCUT2D eigenvalue weighted by Crippen LogP contribution is 2.44. The third kappa shape index (κ3) is 3.63. The van der Waals surface area contributed by atoms with E-state index in [1.807, 2.05) is 0 Å². The molecule has 2 saturated heterocycles. The van der Waals surface area contributed by atoms with Crippen LogP contribution < -0.4 is 0 Å². The zero-order chi connectivity index (χ0) is 19.7. The number of fused-ring (bicyclic) bond motifs is 2. The summed E-state index contributed by atoms with van der Waals surface area (Å²) in [6, 6.07) is 15.7. The molecule has 0 aliphatic carbocycles. The van der Waals surface area contributed by atoms with Gasteiger partial charge in [-0.2, -0.15) is 0 Å². The van der Waals surface area contributed by atoms with Gasteiger partial charge in [0.2, 0.25) is 0 Å². The number of hydrogen-bond acceptors (Lipinski definition) is 3. The first-order valence-corrected chi connectivity index (χ1v) is 10.8. The van der Waals surface area contributed by atoms with E-state index in [0.29, 0.717) is 13.2 Å². The summed E-state index contributed by atoms with van der Waals surface area (Å²) in [5.74, 6) is 0. The van der Waals surface area contributed by atoms with E-state index >= 15 is 0 Å². The Labute approximate surface area is 169 Å². The van der Waals surface area contributed by atoms with Gasteiger partial charge in [0.05, 0.1) is 18.8 Å². The second-order valence-corrected chi connectivity index (χ2v) is 8.61. The molecule has 2 aromatic carbocycles. The second kappa shape index (κ2) is 7.98. The van der Waals surface area contributed by atoms with Crippen molar-refractivity contribution >= 4 is 0 Å². The molecule has 3 nitrogen and oxygen atoms in total. The number of rotatable bonds is 5. The fourth-order valence-electron chi connectivity index (χ4n) is 5.40. The molecule has 28 heavy (non-hydrogen) atoms. The molecule has 2 fully saturated rings. The normalized spacial score (nSPS) is 27.7. The molecule has 2 aliphatic heterocycles. The van der Waals surface area contributed by atoms with Gasteiger partial charge in [-0.3, -0.25) is 4.90 Å². The Bertz CT molecular complexity index is 778. The molecule has 1 N–H and O–H groups in total. The Morgan fingerprint density at radius 2 is 1.57 bits per heavy atom. The van der Waals surface area contributed by atoms with Crippen molar-refractivity contribution in [2.45, 2.75) is 70.7 Å². The minimum absolute atomic E-state index is 0.258. The van der Waals surface area contributed by atoms with Crippen LogP contribution in [0.2, 0.25) is 0 Å². The van der Waals surface area contributed by atoms with Crippen molar-refractivity contribution in [3.63, 3.8) is 0 Å². The Hall–Kier alpha value is -1.68. The summed E-state index contributed by atoms with van der Waals surface area (Å²) in [4.78, 5) is 2.57. The molecule has 0 spiro atoms. The van der Waals surface area contributed by atoms with Crippen molar-refractivity contribution in [3.05, 3.63) is 70.3 Å². The molecule has 2 aromatic rings. The number of morpholine rings is 1. The van der Waals surface area contributed by atoms with Gasteiger partial charge in [-0.1, -0.05) is 61.9 Å². The molecule has 2 aliphatic rings. The molecule has 2 atom stereocenters. The smallest absolute Gasteiger partial charge is 0.0933 e. The molecule has 0 aromatic heterocycles. The Morgan fingerprint density at radius 3 is 2.11 bits per heavy atom. The highest BCUT2D eigenvalue weighted by Gasteiger charge is 2.48. The summed E-state index contributed by atoms with van der Waals surface area (Å²) in [5, 5.41) is 12.0. The molecule has 0 radical (unpaired) electrons. The molecule has 2 unspecified atom stereocenters. The number of aryl methyl sites for hydroxylation is 3. The van der Waals surface area contributed by atoms with Crippen molar-refractivity contribution < 1.29 is 9.84 Å². The molecule has 0 amide bonds. The zero-order valence-corrected chi connectivity index (χ0v) is 17.4. The summed E-state index contributed by atoms with van der Waals surface area (Å²) in [6.07, 6.45) is 3.43. The van der Waals surface area contributed by atoms with Crippen LogP contribution in [0.5, 0.6) is 0 Å². The average Bonchev–Trinajstić information content (AvgIpc) is 2.68. The maximum absolute atomic E-state index is 12.0. The average molecular weight is 380 g/mol. The lowest BCUT2D eigenvalue weighted by atomic mass is 9.72. The van der Waals surface area contributed by atoms with Gasteiger partial charge in [0.1, 0.15) is 0 Å². The van der Waals surface area contributed by atoms with E-state index in [-0.39, 0.29) is 12.1 Å². The lowest BCUT2D eigenvalue weighted by Gasteiger charge is -2.52. The summed E-state index contributed by atoms with van der Waals surface area (Å²) in [6.45, 7) is 8.92. The fraction of sp³-hybridized carbons (Fsp3) is 0.520.